The smallest absolute Gasteiger partial charge is 0.135 e. The van der Waals surface area contributed by atoms with E-state index in [1.165, 1.54) is 4.90 Å². The zero-order chi connectivity index (χ0) is 24.6. The van der Waals surface area contributed by atoms with Gasteiger partial charge in [0.25, 0.3) is 0 Å². The first kappa shape index (κ1) is 29.3. The van der Waals surface area contributed by atoms with E-state index >= 15 is 0 Å². The van der Waals surface area contributed by atoms with Crippen molar-refractivity contribution in [3.8, 4) is 0 Å². The Morgan fingerprint density at radius 3 is 2.33 bits per heavy atom. The number of alkyl halides is 1. The fourth-order valence-electron chi connectivity index (χ4n) is 3.74. The van der Waals surface area contributed by atoms with Crippen LogP contribution in [-0.4, -0.2) is 34.3 Å². The Hall–Kier alpha value is -1.24. The molecule has 2 unspecified atom stereocenters. The van der Waals surface area contributed by atoms with Crippen molar-refractivity contribution in [1.82, 2.24) is 9.80 Å². The number of hydrogen-bond donors (Lipinski definition) is 0. The van der Waals surface area contributed by atoms with E-state index in [0.717, 1.165) is 29.8 Å². The summed E-state index contributed by atoms with van der Waals surface area (Å²) in [5.74, 6) is 1.07. The molecule has 1 aliphatic rings. The summed E-state index contributed by atoms with van der Waals surface area (Å²) in [6, 6.07) is 23.5. The van der Waals surface area contributed by atoms with Crippen molar-refractivity contribution in [3.05, 3.63) is 111 Å². The van der Waals surface area contributed by atoms with Gasteiger partial charge in [0.15, 0.2) is 0 Å². The van der Waals surface area contributed by atoms with E-state index in [9.17, 15) is 0 Å². The number of rotatable bonds is 11. The second kappa shape index (κ2) is 14.6. The molecule has 9 heteroatoms. The Kier molecular flexibility index (Phi) is 11.9. The fourth-order valence-corrected chi connectivity index (χ4v) is 5.54. The predicted octanol–water partition coefficient (Wildman–Crippen LogP) is 9.12. The average Bonchev–Trinajstić information content (AvgIpc) is 3.34. The van der Waals surface area contributed by atoms with Gasteiger partial charge in [-0.15, -0.1) is 24.2 Å². The molecule has 36 heavy (non-hydrogen) atoms. The van der Waals surface area contributed by atoms with Crippen molar-refractivity contribution >= 4 is 70.6 Å². The second-order valence-electron chi connectivity index (χ2n) is 8.17. The van der Waals surface area contributed by atoms with Crippen LogP contribution >= 0.6 is 70.6 Å². The molecule has 3 nitrogen and oxygen atoms in total. The summed E-state index contributed by atoms with van der Waals surface area (Å²) < 4.78 is 6.33. The lowest BCUT2D eigenvalue weighted by Crippen LogP contribution is -2.36. The van der Waals surface area contributed by atoms with Gasteiger partial charge < -0.3 is 14.5 Å². The van der Waals surface area contributed by atoms with E-state index in [-0.39, 0.29) is 18.5 Å². The second-order valence-corrected chi connectivity index (χ2v) is 11.1. The van der Waals surface area contributed by atoms with Crippen LogP contribution in [0, 0.1) is 0 Å². The lowest BCUT2D eigenvalue weighted by atomic mass is 10.1. The molecule has 0 saturated carbocycles. The molecule has 3 aromatic rings. The van der Waals surface area contributed by atoms with Crippen LogP contribution < -0.4 is 0 Å². The maximum Gasteiger partial charge on any atom is 0.135 e. The zero-order valence-corrected chi connectivity index (χ0v) is 24.1. The highest BCUT2D eigenvalue weighted by Gasteiger charge is 2.29. The molecule has 0 aromatic heterocycles. The van der Waals surface area contributed by atoms with Crippen LogP contribution in [0.3, 0.4) is 0 Å². The van der Waals surface area contributed by atoms with Crippen molar-refractivity contribution in [1.29, 1.82) is 0 Å². The highest BCUT2D eigenvalue weighted by Crippen LogP contribution is 2.33. The number of nitrogens with zero attached hydrogens (tertiary/aromatic N) is 2. The molecule has 0 N–H and O–H groups in total. The standard InChI is InChI=1S/C27H26Cl4N2OS.ClH/c28-22-10-7-20(8-11-22)26(34-18-21-9-12-23(29)17-25(21)30)27(31)33-15-14-32(19-33)13-4-16-35-24-5-2-1-3-6-24;/h1-3,5-12,14-15,17,26-27H,4,13,16,18-19H2;1H. The maximum absolute atomic E-state index is 7.00. The minimum Gasteiger partial charge on any atom is -0.365 e. The molecule has 0 spiro atoms. The molecule has 1 heterocycles. The van der Waals surface area contributed by atoms with Gasteiger partial charge in [-0.3, -0.25) is 0 Å². The van der Waals surface area contributed by atoms with Crippen LogP contribution in [0.1, 0.15) is 23.7 Å². The number of benzene rings is 3. The first-order chi connectivity index (χ1) is 17.0. The maximum atomic E-state index is 7.00. The summed E-state index contributed by atoms with van der Waals surface area (Å²) in [5, 5.41) is 1.83. The highest BCUT2D eigenvalue weighted by atomic mass is 35.5. The number of hydrogen-bond acceptors (Lipinski definition) is 4. The molecule has 192 valence electrons. The summed E-state index contributed by atoms with van der Waals surface area (Å²) in [4.78, 5) is 5.67. The largest absolute Gasteiger partial charge is 0.365 e. The molecular weight excluding hydrogens is 578 g/mol. The lowest BCUT2D eigenvalue weighted by Gasteiger charge is -2.31. The van der Waals surface area contributed by atoms with Crippen LogP contribution in [-0.2, 0) is 11.3 Å². The van der Waals surface area contributed by atoms with Crippen molar-refractivity contribution < 1.29 is 4.74 Å². The summed E-state index contributed by atoms with van der Waals surface area (Å²) >= 11 is 27.4. The molecule has 0 saturated heterocycles. The molecular formula is C27H27Cl5N2OS. The van der Waals surface area contributed by atoms with Gasteiger partial charge in [0, 0.05) is 38.9 Å². The van der Waals surface area contributed by atoms with Crippen LogP contribution in [0.2, 0.25) is 15.1 Å². The Morgan fingerprint density at radius 1 is 0.889 bits per heavy atom. The molecule has 0 radical (unpaired) electrons. The average molecular weight is 605 g/mol. The van der Waals surface area contributed by atoms with Gasteiger partial charge in [-0.25, -0.2) is 0 Å². The van der Waals surface area contributed by atoms with E-state index in [0.29, 0.717) is 28.3 Å². The van der Waals surface area contributed by atoms with Crippen LogP contribution in [0.4, 0.5) is 0 Å². The summed E-state index contributed by atoms with van der Waals surface area (Å²) in [5.41, 5.74) is 1.39. The van der Waals surface area contributed by atoms with E-state index in [2.05, 4.69) is 40.3 Å². The third kappa shape index (κ3) is 8.39. The van der Waals surface area contributed by atoms with Crippen LogP contribution in [0.5, 0.6) is 0 Å². The van der Waals surface area contributed by atoms with Crippen molar-refractivity contribution in [2.24, 2.45) is 0 Å². The van der Waals surface area contributed by atoms with E-state index in [4.69, 9.17) is 51.1 Å². The molecule has 4 rings (SSSR count). The monoisotopic (exact) mass is 602 g/mol. The third-order valence-corrected chi connectivity index (χ3v) is 8.03. The van der Waals surface area contributed by atoms with Crippen molar-refractivity contribution in [3.63, 3.8) is 0 Å². The summed E-state index contributed by atoms with van der Waals surface area (Å²) in [7, 11) is 0. The Morgan fingerprint density at radius 2 is 1.61 bits per heavy atom. The van der Waals surface area contributed by atoms with E-state index in [1.807, 2.05) is 54.4 Å². The first-order valence-corrected chi connectivity index (χ1v) is 13.9. The molecule has 0 bridgehead atoms. The molecule has 0 aliphatic carbocycles. The summed E-state index contributed by atoms with van der Waals surface area (Å²) in [6.45, 7) is 1.98. The number of thioether (sulfide) groups is 1. The van der Waals surface area contributed by atoms with Gasteiger partial charge in [0.2, 0.25) is 0 Å². The van der Waals surface area contributed by atoms with Gasteiger partial charge in [-0.05, 0) is 59.7 Å². The van der Waals surface area contributed by atoms with Crippen LogP contribution in [0.15, 0.2) is 90.1 Å². The fraction of sp³-hybridized carbons (Fsp3) is 0.259. The molecule has 3 aromatic carbocycles. The van der Waals surface area contributed by atoms with Gasteiger partial charge in [0.1, 0.15) is 11.6 Å². The van der Waals surface area contributed by atoms with Gasteiger partial charge in [0.05, 0.1) is 13.3 Å². The Balaban J connectivity index is 0.00000361. The minimum atomic E-state index is -0.415. The van der Waals surface area contributed by atoms with Crippen molar-refractivity contribution in [2.75, 3.05) is 19.0 Å². The van der Waals surface area contributed by atoms with Gasteiger partial charge in [-0.1, -0.05) is 82.8 Å². The molecule has 0 fully saturated rings. The molecule has 0 amide bonds. The summed E-state index contributed by atoms with van der Waals surface area (Å²) in [6.07, 6.45) is 4.82. The van der Waals surface area contributed by atoms with Crippen molar-refractivity contribution in [2.45, 2.75) is 29.5 Å². The van der Waals surface area contributed by atoms with Gasteiger partial charge in [-0.2, -0.15) is 0 Å². The highest BCUT2D eigenvalue weighted by molar-refractivity contribution is 7.99. The topological polar surface area (TPSA) is 15.7 Å². The molecule has 1 aliphatic heterocycles. The SMILES string of the molecule is Cl.Clc1ccc(C(OCc2ccc(Cl)cc2Cl)C(Cl)N2C=CN(CCCSc3ccccc3)C2)cc1. The van der Waals surface area contributed by atoms with E-state index < -0.39 is 5.50 Å². The lowest BCUT2D eigenvalue weighted by molar-refractivity contribution is 0.00686. The minimum absolute atomic E-state index is 0. The Bertz CT molecular complexity index is 1120. The normalized spacial score (nSPS) is 14.6. The quantitative estimate of drug-likeness (QED) is 0.0938. The van der Waals surface area contributed by atoms with E-state index in [1.54, 1.807) is 12.1 Å². The Labute approximate surface area is 243 Å². The van der Waals surface area contributed by atoms with Crippen LogP contribution in [0.25, 0.3) is 0 Å². The van der Waals surface area contributed by atoms with Gasteiger partial charge >= 0.3 is 0 Å². The third-order valence-electron chi connectivity index (χ3n) is 5.61. The molecule has 2 atom stereocenters. The zero-order valence-electron chi connectivity index (χ0n) is 19.4. The number of ether oxygens (including phenoxy) is 1. The predicted molar refractivity (Wildman–Crippen MR) is 157 cm³/mol. The first-order valence-electron chi connectivity index (χ1n) is 11.3. The number of halogens is 5.